The number of aromatic nitrogens is 2. The Morgan fingerprint density at radius 3 is 2.80 bits per heavy atom. The number of nitrogens with zero attached hydrogens (tertiary/aromatic N) is 2. The van der Waals surface area contributed by atoms with Crippen molar-refractivity contribution in [3.63, 3.8) is 0 Å². The molecule has 0 amide bonds. The van der Waals surface area contributed by atoms with Crippen LogP contribution in [0.2, 0.25) is 0 Å². The first-order chi connectivity index (χ1) is 7.38. The highest BCUT2D eigenvalue weighted by Gasteiger charge is 2.20. The van der Waals surface area contributed by atoms with Gasteiger partial charge in [-0.3, -0.25) is 4.98 Å². The highest BCUT2D eigenvalue weighted by Crippen LogP contribution is 2.18. The van der Waals surface area contributed by atoms with E-state index in [2.05, 4.69) is 27.5 Å². The van der Waals surface area contributed by atoms with E-state index in [1.165, 1.54) is 12.8 Å². The molecule has 1 fully saturated rings. The van der Waals surface area contributed by atoms with Gasteiger partial charge in [0, 0.05) is 19.1 Å². The second-order valence-electron chi connectivity index (χ2n) is 3.97. The number of hydrogen-bond acceptors (Lipinski definition) is 4. The molecule has 1 aliphatic rings. The van der Waals surface area contributed by atoms with E-state index in [-0.39, 0.29) is 0 Å². The van der Waals surface area contributed by atoms with Crippen molar-refractivity contribution in [2.45, 2.75) is 38.8 Å². The molecule has 2 N–H and O–H groups in total. The van der Waals surface area contributed by atoms with Crippen molar-refractivity contribution in [2.24, 2.45) is 0 Å². The van der Waals surface area contributed by atoms with Gasteiger partial charge in [-0.2, -0.15) is 0 Å². The number of anilines is 1. The summed E-state index contributed by atoms with van der Waals surface area (Å²) in [5, 5.41) is 6.62. The van der Waals surface area contributed by atoms with Gasteiger partial charge in [0.15, 0.2) is 0 Å². The molecule has 1 saturated carbocycles. The topological polar surface area (TPSA) is 49.8 Å². The van der Waals surface area contributed by atoms with Crippen molar-refractivity contribution in [1.29, 1.82) is 0 Å². The van der Waals surface area contributed by atoms with Crippen LogP contribution in [-0.2, 0) is 6.54 Å². The second-order valence-corrected chi connectivity index (χ2v) is 3.97. The first-order valence-corrected chi connectivity index (χ1v) is 5.66. The van der Waals surface area contributed by atoms with Crippen molar-refractivity contribution in [2.75, 3.05) is 11.9 Å². The minimum atomic E-state index is 0.727. The Morgan fingerprint density at radius 2 is 2.20 bits per heavy atom. The SMILES string of the molecule is CCCNc1cnc(CNC2CC2)cn1. The van der Waals surface area contributed by atoms with Gasteiger partial charge in [0.2, 0.25) is 0 Å². The highest BCUT2D eigenvalue weighted by molar-refractivity contribution is 5.30. The Kier molecular flexibility index (Phi) is 3.50. The summed E-state index contributed by atoms with van der Waals surface area (Å²) in [4.78, 5) is 8.64. The summed E-state index contributed by atoms with van der Waals surface area (Å²) < 4.78 is 0. The van der Waals surface area contributed by atoms with Gasteiger partial charge in [-0.05, 0) is 19.3 Å². The summed E-state index contributed by atoms with van der Waals surface area (Å²) in [6, 6.07) is 0.727. The molecule has 15 heavy (non-hydrogen) atoms. The third-order valence-electron chi connectivity index (χ3n) is 2.41. The molecule has 0 atom stereocenters. The van der Waals surface area contributed by atoms with Gasteiger partial charge >= 0.3 is 0 Å². The maximum atomic E-state index is 4.34. The van der Waals surface area contributed by atoms with E-state index in [9.17, 15) is 0 Å². The molecule has 0 unspecified atom stereocenters. The summed E-state index contributed by atoms with van der Waals surface area (Å²) in [5.41, 5.74) is 1.02. The van der Waals surface area contributed by atoms with Crippen LogP contribution in [0.5, 0.6) is 0 Å². The zero-order valence-electron chi connectivity index (χ0n) is 9.16. The van der Waals surface area contributed by atoms with Gasteiger partial charge in [0.1, 0.15) is 5.82 Å². The van der Waals surface area contributed by atoms with Crippen molar-refractivity contribution in [1.82, 2.24) is 15.3 Å². The Hall–Kier alpha value is -1.16. The van der Waals surface area contributed by atoms with Crippen LogP contribution in [0.3, 0.4) is 0 Å². The Balaban J connectivity index is 1.79. The summed E-state index contributed by atoms with van der Waals surface area (Å²) >= 11 is 0. The molecule has 1 aliphatic carbocycles. The lowest BCUT2D eigenvalue weighted by molar-refractivity contribution is 0.672. The lowest BCUT2D eigenvalue weighted by Crippen LogP contribution is -2.16. The highest BCUT2D eigenvalue weighted by atomic mass is 15.0. The van der Waals surface area contributed by atoms with Crippen LogP contribution in [0, 0.1) is 0 Å². The lowest BCUT2D eigenvalue weighted by Gasteiger charge is -2.05. The van der Waals surface area contributed by atoms with Crippen molar-refractivity contribution >= 4 is 5.82 Å². The van der Waals surface area contributed by atoms with E-state index in [1.54, 1.807) is 6.20 Å². The second kappa shape index (κ2) is 5.07. The van der Waals surface area contributed by atoms with E-state index >= 15 is 0 Å². The van der Waals surface area contributed by atoms with Gasteiger partial charge in [-0.15, -0.1) is 0 Å². The van der Waals surface area contributed by atoms with E-state index in [0.717, 1.165) is 37.1 Å². The summed E-state index contributed by atoms with van der Waals surface area (Å²) in [6.07, 6.45) is 7.37. The van der Waals surface area contributed by atoms with Gasteiger partial charge in [0.25, 0.3) is 0 Å². The van der Waals surface area contributed by atoms with Crippen LogP contribution >= 0.6 is 0 Å². The molecule has 4 nitrogen and oxygen atoms in total. The van der Waals surface area contributed by atoms with Crippen LogP contribution in [0.4, 0.5) is 5.82 Å². The normalized spacial score (nSPS) is 15.3. The molecule has 0 spiro atoms. The molecule has 0 aromatic carbocycles. The Labute approximate surface area is 90.5 Å². The molecule has 82 valence electrons. The predicted octanol–water partition coefficient (Wildman–Crippen LogP) is 1.55. The molecule has 1 aromatic heterocycles. The zero-order chi connectivity index (χ0) is 10.5. The molecular weight excluding hydrogens is 188 g/mol. The van der Waals surface area contributed by atoms with E-state index < -0.39 is 0 Å². The quantitative estimate of drug-likeness (QED) is 0.741. The van der Waals surface area contributed by atoms with Gasteiger partial charge in [-0.1, -0.05) is 6.92 Å². The van der Waals surface area contributed by atoms with Crippen LogP contribution in [0.1, 0.15) is 31.9 Å². The number of nitrogens with one attached hydrogen (secondary N) is 2. The average Bonchev–Trinajstić information content (AvgIpc) is 3.09. The van der Waals surface area contributed by atoms with Gasteiger partial charge < -0.3 is 10.6 Å². The fourth-order valence-corrected chi connectivity index (χ4v) is 1.33. The summed E-state index contributed by atoms with van der Waals surface area (Å²) in [7, 11) is 0. The molecule has 0 saturated heterocycles. The van der Waals surface area contributed by atoms with E-state index in [4.69, 9.17) is 0 Å². The molecule has 1 aromatic rings. The van der Waals surface area contributed by atoms with Crippen molar-refractivity contribution < 1.29 is 0 Å². The standard InChI is InChI=1S/C11H18N4/c1-2-5-12-11-8-14-10(7-15-11)6-13-9-3-4-9/h7-9,13H,2-6H2,1H3,(H,12,15). The zero-order valence-corrected chi connectivity index (χ0v) is 9.16. The minimum Gasteiger partial charge on any atom is -0.369 e. The predicted molar refractivity (Wildman–Crippen MR) is 60.7 cm³/mol. The fraction of sp³-hybridized carbons (Fsp3) is 0.636. The third kappa shape index (κ3) is 3.47. The molecule has 2 rings (SSSR count). The van der Waals surface area contributed by atoms with Crippen LogP contribution < -0.4 is 10.6 Å². The fourth-order valence-electron chi connectivity index (χ4n) is 1.33. The Bertz CT molecular complexity index is 292. The Morgan fingerprint density at radius 1 is 1.33 bits per heavy atom. The first kappa shape index (κ1) is 10.4. The summed E-state index contributed by atoms with van der Waals surface area (Å²) in [5.74, 6) is 0.868. The lowest BCUT2D eigenvalue weighted by atomic mass is 10.4. The number of rotatable bonds is 6. The minimum absolute atomic E-state index is 0.727. The molecular formula is C11H18N4. The molecule has 1 heterocycles. The van der Waals surface area contributed by atoms with Crippen LogP contribution in [0.15, 0.2) is 12.4 Å². The van der Waals surface area contributed by atoms with E-state index in [1.807, 2.05) is 6.20 Å². The maximum absolute atomic E-state index is 4.34. The largest absolute Gasteiger partial charge is 0.369 e. The van der Waals surface area contributed by atoms with Crippen molar-refractivity contribution in [3.8, 4) is 0 Å². The smallest absolute Gasteiger partial charge is 0.144 e. The molecule has 0 radical (unpaired) electrons. The van der Waals surface area contributed by atoms with E-state index in [0.29, 0.717) is 0 Å². The van der Waals surface area contributed by atoms with Gasteiger partial charge in [-0.25, -0.2) is 4.98 Å². The molecule has 0 aliphatic heterocycles. The van der Waals surface area contributed by atoms with Crippen LogP contribution in [-0.4, -0.2) is 22.6 Å². The molecule has 4 heteroatoms. The van der Waals surface area contributed by atoms with Crippen LogP contribution in [0.25, 0.3) is 0 Å². The maximum Gasteiger partial charge on any atom is 0.144 e. The molecule has 0 bridgehead atoms. The average molecular weight is 206 g/mol. The van der Waals surface area contributed by atoms with Gasteiger partial charge in [0.05, 0.1) is 18.1 Å². The number of hydrogen-bond donors (Lipinski definition) is 2. The third-order valence-corrected chi connectivity index (χ3v) is 2.41. The van der Waals surface area contributed by atoms with Crippen molar-refractivity contribution in [3.05, 3.63) is 18.1 Å². The first-order valence-electron chi connectivity index (χ1n) is 5.66. The monoisotopic (exact) mass is 206 g/mol. The summed E-state index contributed by atoms with van der Waals surface area (Å²) in [6.45, 7) is 3.93.